The number of benzene rings is 2. The molecule has 232 valence electrons. The fourth-order valence-corrected chi connectivity index (χ4v) is 5.59. The van der Waals surface area contributed by atoms with Gasteiger partial charge in [-0.2, -0.15) is 19.0 Å². The minimum Gasteiger partial charge on any atom is -0.434 e. The Bertz CT molecular complexity index is 1840. The summed E-state index contributed by atoms with van der Waals surface area (Å²) in [5, 5.41) is 22.7. The summed E-state index contributed by atoms with van der Waals surface area (Å²) in [5.41, 5.74) is 0.850. The molecule has 6 rings (SSSR count). The van der Waals surface area contributed by atoms with E-state index in [1.54, 1.807) is 17.2 Å². The van der Waals surface area contributed by atoms with Crippen molar-refractivity contribution < 1.29 is 28.2 Å². The van der Waals surface area contributed by atoms with Gasteiger partial charge in [-0.1, -0.05) is 41.9 Å². The molecule has 5 aromatic rings. The Balaban J connectivity index is 1.25. The van der Waals surface area contributed by atoms with Gasteiger partial charge in [0.1, 0.15) is 23.6 Å². The van der Waals surface area contributed by atoms with E-state index in [0.717, 1.165) is 5.56 Å². The maximum Gasteiger partial charge on any atom is 0.387 e. The lowest BCUT2D eigenvalue weighted by molar-refractivity contribution is -0.136. The van der Waals surface area contributed by atoms with Gasteiger partial charge in [0.25, 0.3) is 5.91 Å². The van der Waals surface area contributed by atoms with Crippen LogP contribution in [-0.4, -0.2) is 71.5 Å². The molecule has 3 aromatic heterocycles. The number of likely N-dealkylation sites (tertiary alicyclic amines) is 1. The van der Waals surface area contributed by atoms with Gasteiger partial charge in [-0.3, -0.25) is 14.3 Å². The van der Waals surface area contributed by atoms with E-state index >= 15 is 0 Å². The molecule has 1 aliphatic rings. The molecular formula is C31H28ClF2N7O4. The molecular weight excluding hydrogens is 608 g/mol. The molecule has 0 bridgehead atoms. The van der Waals surface area contributed by atoms with Crippen molar-refractivity contribution in [1.29, 1.82) is 0 Å². The number of piperidine rings is 1. The molecule has 2 amide bonds. The van der Waals surface area contributed by atoms with Crippen LogP contribution in [0.1, 0.15) is 28.8 Å². The summed E-state index contributed by atoms with van der Waals surface area (Å²) in [6.07, 6.45) is 7.25. The largest absolute Gasteiger partial charge is 0.434 e. The highest BCUT2D eigenvalue weighted by Gasteiger charge is 2.34. The molecule has 2 aromatic carbocycles. The lowest BCUT2D eigenvalue weighted by atomic mass is 9.85. The molecule has 0 unspecified atom stereocenters. The van der Waals surface area contributed by atoms with E-state index in [4.69, 9.17) is 16.3 Å². The molecule has 0 radical (unpaired) electrons. The number of alkyl halides is 2. The van der Waals surface area contributed by atoms with E-state index in [9.17, 15) is 23.5 Å². The maximum absolute atomic E-state index is 13.4. The fraction of sp³-hybridized carbons (Fsp3) is 0.258. The molecule has 1 aliphatic heterocycles. The zero-order valence-corrected chi connectivity index (χ0v) is 24.6. The maximum atomic E-state index is 13.4. The second kappa shape index (κ2) is 12.6. The quantitative estimate of drug-likeness (QED) is 0.240. The summed E-state index contributed by atoms with van der Waals surface area (Å²) >= 11 is 6.21. The highest BCUT2D eigenvalue weighted by molar-refractivity contribution is 6.31. The van der Waals surface area contributed by atoms with Crippen molar-refractivity contribution in [3.8, 4) is 17.0 Å². The number of rotatable bonds is 9. The Labute approximate surface area is 261 Å². The number of nitrogens with zero attached hydrogens (tertiary/aromatic N) is 6. The third kappa shape index (κ3) is 6.79. The Kier molecular flexibility index (Phi) is 8.46. The molecule has 0 aliphatic carbocycles. The molecule has 11 nitrogen and oxygen atoms in total. The van der Waals surface area contributed by atoms with Gasteiger partial charge in [-0.15, -0.1) is 0 Å². The van der Waals surface area contributed by atoms with Crippen LogP contribution in [-0.2, 0) is 17.8 Å². The minimum atomic E-state index is -3.13. The molecule has 1 fully saturated rings. The molecule has 0 atom stereocenters. The first-order chi connectivity index (χ1) is 21.7. The average molecular weight is 636 g/mol. The normalized spacial score (nSPS) is 14.6. The number of anilines is 1. The summed E-state index contributed by atoms with van der Waals surface area (Å²) in [5.74, 6) is -1.05. The molecule has 0 spiro atoms. The number of aromatic nitrogens is 5. The molecule has 14 heteroatoms. The molecule has 4 heterocycles. The summed E-state index contributed by atoms with van der Waals surface area (Å²) < 4.78 is 34.0. The van der Waals surface area contributed by atoms with Crippen LogP contribution in [0.15, 0.2) is 79.4 Å². The number of ether oxygens (including phenoxy) is 1. The van der Waals surface area contributed by atoms with E-state index < -0.39 is 18.1 Å². The highest BCUT2D eigenvalue weighted by Crippen LogP contribution is 2.37. The summed E-state index contributed by atoms with van der Waals surface area (Å²) in [6.45, 7) is -2.63. The van der Waals surface area contributed by atoms with Crippen molar-refractivity contribution in [2.24, 2.45) is 0 Å². The zero-order chi connectivity index (χ0) is 31.6. The number of nitrogens with one attached hydrogen (secondary N) is 1. The lowest BCUT2D eigenvalue weighted by Gasteiger charge is -2.38. The fourth-order valence-electron chi connectivity index (χ4n) is 5.42. The van der Waals surface area contributed by atoms with E-state index in [0.29, 0.717) is 38.0 Å². The van der Waals surface area contributed by atoms with Crippen molar-refractivity contribution in [3.05, 3.63) is 95.5 Å². The van der Waals surface area contributed by atoms with Crippen LogP contribution in [0.25, 0.3) is 16.9 Å². The van der Waals surface area contributed by atoms with E-state index in [1.165, 1.54) is 46.0 Å². The molecule has 45 heavy (non-hydrogen) atoms. The van der Waals surface area contributed by atoms with Gasteiger partial charge in [-0.25, -0.2) is 9.50 Å². The monoisotopic (exact) mass is 635 g/mol. The van der Waals surface area contributed by atoms with Crippen molar-refractivity contribution in [3.63, 3.8) is 0 Å². The Morgan fingerprint density at radius 3 is 2.64 bits per heavy atom. The van der Waals surface area contributed by atoms with Gasteiger partial charge < -0.3 is 20.1 Å². The van der Waals surface area contributed by atoms with E-state index in [-0.39, 0.29) is 45.7 Å². The molecule has 1 saturated heterocycles. The first-order valence-corrected chi connectivity index (χ1v) is 14.5. The third-order valence-corrected chi connectivity index (χ3v) is 7.90. The van der Waals surface area contributed by atoms with Crippen molar-refractivity contribution in [2.45, 2.75) is 38.0 Å². The number of halogens is 3. The number of carbonyl (C=O) groups is 2. The second-order valence-corrected chi connectivity index (χ2v) is 11.2. The number of hydrogen-bond acceptors (Lipinski definition) is 7. The summed E-state index contributed by atoms with van der Waals surface area (Å²) in [6, 6.07) is 15.4. The molecule has 0 saturated carbocycles. The average Bonchev–Trinajstić information content (AvgIpc) is 3.62. The van der Waals surface area contributed by atoms with Crippen molar-refractivity contribution in [2.75, 3.05) is 18.4 Å². The van der Waals surface area contributed by atoms with Gasteiger partial charge in [-0.05, 0) is 42.7 Å². The number of amides is 2. The topological polar surface area (TPSA) is 127 Å². The second-order valence-electron chi connectivity index (χ2n) is 10.8. The minimum absolute atomic E-state index is 0.0645. The van der Waals surface area contributed by atoms with Crippen LogP contribution in [0.4, 0.5) is 14.5 Å². The van der Waals surface area contributed by atoms with E-state index in [1.807, 2.05) is 30.3 Å². The first-order valence-electron chi connectivity index (χ1n) is 14.1. The third-order valence-electron chi connectivity index (χ3n) is 7.67. The summed E-state index contributed by atoms with van der Waals surface area (Å²) in [4.78, 5) is 32.6. The van der Waals surface area contributed by atoms with Crippen LogP contribution in [0.3, 0.4) is 0 Å². The number of aliphatic hydroxyl groups is 1. The Hall–Kier alpha value is -4.88. The van der Waals surface area contributed by atoms with Crippen LogP contribution in [0.5, 0.6) is 5.75 Å². The van der Waals surface area contributed by atoms with Crippen LogP contribution < -0.4 is 10.1 Å². The van der Waals surface area contributed by atoms with Gasteiger partial charge in [0.15, 0.2) is 5.65 Å². The van der Waals surface area contributed by atoms with Gasteiger partial charge in [0, 0.05) is 48.7 Å². The number of carbonyl (C=O) groups excluding carboxylic acids is 2. The predicted molar refractivity (Wildman–Crippen MR) is 161 cm³/mol. The lowest BCUT2D eigenvalue weighted by Crippen LogP contribution is -2.48. The van der Waals surface area contributed by atoms with Crippen molar-refractivity contribution >= 4 is 34.7 Å². The zero-order valence-electron chi connectivity index (χ0n) is 23.8. The standard InChI is InChI=1S/C31H28ClF2N7O4/c32-21-7-8-25(45-30(33)34)22(15-21)27-24(37-29(43)23-17-36-41-12-4-11-35-28(23)41)18-40(38-27)19-26(42)39-13-9-31(44,10-14-39)16-20-5-2-1-3-6-20/h1-8,11-12,15,17-18,30,44H,9-10,13-14,16,19H2,(H,37,43). The summed E-state index contributed by atoms with van der Waals surface area (Å²) in [7, 11) is 0. The highest BCUT2D eigenvalue weighted by atomic mass is 35.5. The number of hydrogen-bond donors (Lipinski definition) is 2. The Morgan fingerprint density at radius 1 is 1.11 bits per heavy atom. The van der Waals surface area contributed by atoms with Crippen molar-refractivity contribution in [1.82, 2.24) is 29.3 Å². The Morgan fingerprint density at radius 2 is 1.89 bits per heavy atom. The van der Waals surface area contributed by atoms with Gasteiger partial charge in [0.05, 0.1) is 17.5 Å². The van der Waals surface area contributed by atoms with Crippen LogP contribution in [0, 0.1) is 0 Å². The first kappa shape index (κ1) is 30.2. The van der Waals surface area contributed by atoms with Crippen LogP contribution >= 0.6 is 11.6 Å². The predicted octanol–water partition coefficient (Wildman–Crippen LogP) is 4.70. The number of fused-ring (bicyclic) bond motifs is 1. The van der Waals surface area contributed by atoms with E-state index in [2.05, 4.69) is 20.5 Å². The van der Waals surface area contributed by atoms with Gasteiger partial charge in [0.2, 0.25) is 5.91 Å². The smallest absolute Gasteiger partial charge is 0.387 e. The molecule has 2 N–H and O–H groups in total. The van der Waals surface area contributed by atoms with Gasteiger partial charge >= 0.3 is 6.61 Å². The van der Waals surface area contributed by atoms with Crippen LogP contribution in [0.2, 0.25) is 5.02 Å². The SMILES string of the molecule is O=C(Nc1cn(CC(=O)N2CCC(O)(Cc3ccccc3)CC2)nc1-c1cc(Cl)ccc1OC(F)F)c1cnn2cccnc12.